The first-order chi connectivity index (χ1) is 10.6. The molecule has 1 heterocycles. The molecule has 3 N–H and O–H groups in total. The van der Waals surface area contributed by atoms with Crippen LogP contribution in [0, 0.1) is 6.92 Å². The van der Waals surface area contributed by atoms with Gasteiger partial charge in [-0.05, 0) is 56.4 Å². The van der Waals surface area contributed by atoms with Crippen LogP contribution in [0.5, 0.6) is 0 Å². The van der Waals surface area contributed by atoms with Crippen molar-refractivity contribution in [2.24, 2.45) is 0 Å². The van der Waals surface area contributed by atoms with Crippen LogP contribution in [0.2, 0.25) is 0 Å². The van der Waals surface area contributed by atoms with Crippen molar-refractivity contribution in [3.63, 3.8) is 0 Å². The van der Waals surface area contributed by atoms with E-state index in [1.807, 2.05) is 6.07 Å². The average Bonchev–Trinajstić information content (AvgIpc) is 2.52. The molecule has 0 radical (unpaired) electrons. The van der Waals surface area contributed by atoms with Gasteiger partial charge in [0.25, 0.3) is 5.56 Å². The van der Waals surface area contributed by atoms with Gasteiger partial charge in [0, 0.05) is 23.4 Å². The van der Waals surface area contributed by atoms with Gasteiger partial charge in [0.15, 0.2) is 0 Å². The van der Waals surface area contributed by atoms with Crippen molar-refractivity contribution < 1.29 is 5.11 Å². The van der Waals surface area contributed by atoms with Crippen molar-refractivity contribution in [3.8, 4) is 11.3 Å². The Hall–Kier alpha value is -2.14. The topological polar surface area (TPSA) is 78.0 Å². The first-order valence-corrected chi connectivity index (χ1v) is 7.73. The lowest BCUT2D eigenvalue weighted by molar-refractivity contribution is 0.126. The summed E-state index contributed by atoms with van der Waals surface area (Å²) in [6.45, 7) is 2.06. The molecule has 0 amide bonds. The molecule has 0 spiro atoms. The van der Waals surface area contributed by atoms with Crippen molar-refractivity contribution in [2.75, 3.05) is 5.32 Å². The Morgan fingerprint density at radius 2 is 1.95 bits per heavy atom. The van der Waals surface area contributed by atoms with Gasteiger partial charge in [0.1, 0.15) is 0 Å². The third kappa shape index (κ3) is 3.36. The van der Waals surface area contributed by atoms with E-state index >= 15 is 0 Å². The molecule has 1 aromatic heterocycles. The van der Waals surface area contributed by atoms with Crippen LogP contribution in [-0.4, -0.2) is 27.4 Å². The van der Waals surface area contributed by atoms with E-state index in [4.69, 9.17) is 0 Å². The van der Waals surface area contributed by atoms with Crippen LogP contribution in [0.1, 0.15) is 31.2 Å². The number of H-pyrrole nitrogens is 1. The van der Waals surface area contributed by atoms with Crippen LogP contribution in [0.4, 0.5) is 5.69 Å². The SMILES string of the molecule is Cc1cc(-c2ccc(=O)[nH]n2)ccc1NC1CCC(O)CC1. The fraction of sp³-hybridized carbons (Fsp3) is 0.412. The maximum absolute atomic E-state index is 11.1. The highest BCUT2D eigenvalue weighted by atomic mass is 16.3. The van der Waals surface area contributed by atoms with Crippen LogP contribution in [0.15, 0.2) is 35.1 Å². The Labute approximate surface area is 129 Å². The number of aromatic amines is 1. The first-order valence-electron chi connectivity index (χ1n) is 7.73. The molecule has 2 aromatic rings. The van der Waals surface area contributed by atoms with Gasteiger partial charge in [-0.25, -0.2) is 5.10 Å². The zero-order valence-electron chi connectivity index (χ0n) is 12.7. The molecule has 22 heavy (non-hydrogen) atoms. The van der Waals surface area contributed by atoms with Gasteiger partial charge in [-0.2, -0.15) is 5.10 Å². The van der Waals surface area contributed by atoms with Crippen LogP contribution in [0.3, 0.4) is 0 Å². The predicted octanol–water partition coefficient (Wildman–Crippen LogP) is 2.46. The Morgan fingerprint density at radius 1 is 1.18 bits per heavy atom. The van der Waals surface area contributed by atoms with E-state index < -0.39 is 0 Å². The number of nitrogens with zero attached hydrogens (tertiary/aromatic N) is 1. The fourth-order valence-corrected chi connectivity index (χ4v) is 2.93. The molecule has 1 saturated carbocycles. The molecule has 5 nitrogen and oxygen atoms in total. The third-order valence-electron chi connectivity index (χ3n) is 4.26. The molecule has 0 aliphatic heterocycles. The quantitative estimate of drug-likeness (QED) is 0.813. The minimum absolute atomic E-state index is 0.132. The van der Waals surface area contributed by atoms with Gasteiger partial charge >= 0.3 is 0 Å². The molecular formula is C17H21N3O2. The third-order valence-corrected chi connectivity index (χ3v) is 4.26. The lowest BCUT2D eigenvalue weighted by Gasteiger charge is -2.27. The zero-order chi connectivity index (χ0) is 15.5. The number of aromatic nitrogens is 2. The van der Waals surface area contributed by atoms with Crippen molar-refractivity contribution >= 4 is 5.69 Å². The molecule has 3 rings (SSSR count). The highest BCUT2D eigenvalue weighted by molar-refractivity contribution is 5.65. The summed E-state index contributed by atoms with van der Waals surface area (Å²) in [5.74, 6) is 0. The van der Waals surface area contributed by atoms with Gasteiger partial charge in [-0.1, -0.05) is 6.07 Å². The lowest BCUT2D eigenvalue weighted by atomic mass is 9.92. The maximum Gasteiger partial charge on any atom is 0.264 e. The van der Waals surface area contributed by atoms with Gasteiger partial charge in [0.2, 0.25) is 0 Å². The van der Waals surface area contributed by atoms with Gasteiger partial charge in [0.05, 0.1) is 11.8 Å². The number of aliphatic hydroxyl groups is 1. The normalized spacial score (nSPS) is 21.5. The summed E-state index contributed by atoms with van der Waals surface area (Å²) in [5, 5.41) is 19.7. The number of rotatable bonds is 3. The molecule has 0 bridgehead atoms. The van der Waals surface area contributed by atoms with Crippen LogP contribution >= 0.6 is 0 Å². The Bertz CT molecular complexity index is 683. The van der Waals surface area contributed by atoms with Crippen LogP contribution < -0.4 is 10.9 Å². The molecule has 0 saturated heterocycles. The number of anilines is 1. The van der Waals surface area contributed by atoms with Crippen molar-refractivity contribution in [1.82, 2.24) is 10.2 Å². The summed E-state index contributed by atoms with van der Waals surface area (Å²) in [6.07, 6.45) is 3.62. The van der Waals surface area contributed by atoms with E-state index in [1.165, 1.54) is 6.07 Å². The Morgan fingerprint density at radius 3 is 2.59 bits per heavy atom. The number of hydrogen-bond donors (Lipinski definition) is 3. The summed E-state index contributed by atoms with van der Waals surface area (Å²) >= 11 is 0. The second-order valence-electron chi connectivity index (χ2n) is 5.99. The standard InChI is InChI=1S/C17H21N3O2/c1-11-10-12(16-8-9-17(22)20-19-16)2-7-15(11)18-13-3-5-14(21)6-4-13/h2,7-10,13-14,18,21H,3-6H2,1H3,(H,20,22). The van der Waals surface area contributed by atoms with E-state index in [9.17, 15) is 9.90 Å². The number of nitrogens with one attached hydrogen (secondary N) is 2. The highest BCUT2D eigenvalue weighted by Crippen LogP contribution is 2.26. The molecule has 1 fully saturated rings. The smallest absolute Gasteiger partial charge is 0.264 e. The number of aryl methyl sites for hydroxylation is 1. The summed E-state index contributed by atoms with van der Waals surface area (Å²) in [7, 11) is 0. The molecular weight excluding hydrogens is 278 g/mol. The first kappa shape index (κ1) is 14.8. The predicted molar refractivity (Wildman–Crippen MR) is 86.9 cm³/mol. The van der Waals surface area contributed by atoms with Crippen LogP contribution in [0.25, 0.3) is 11.3 Å². The van der Waals surface area contributed by atoms with E-state index in [0.717, 1.165) is 48.2 Å². The monoisotopic (exact) mass is 299 g/mol. The van der Waals surface area contributed by atoms with Gasteiger partial charge < -0.3 is 10.4 Å². The molecule has 0 unspecified atom stereocenters. The Balaban J connectivity index is 1.74. The molecule has 116 valence electrons. The van der Waals surface area contributed by atoms with Crippen molar-refractivity contribution in [1.29, 1.82) is 0 Å². The number of hydrogen-bond acceptors (Lipinski definition) is 4. The maximum atomic E-state index is 11.1. The second kappa shape index (κ2) is 6.32. The number of benzene rings is 1. The summed E-state index contributed by atoms with van der Waals surface area (Å²) < 4.78 is 0. The van der Waals surface area contributed by atoms with E-state index in [1.54, 1.807) is 6.07 Å². The molecule has 5 heteroatoms. The molecule has 1 aliphatic carbocycles. The van der Waals surface area contributed by atoms with E-state index in [-0.39, 0.29) is 11.7 Å². The second-order valence-corrected chi connectivity index (χ2v) is 5.99. The van der Waals surface area contributed by atoms with E-state index in [0.29, 0.717) is 6.04 Å². The minimum atomic E-state index is -0.196. The van der Waals surface area contributed by atoms with Crippen LogP contribution in [-0.2, 0) is 0 Å². The summed E-state index contributed by atoms with van der Waals surface area (Å²) in [5.41, 5.74) is 3.82. The highest BCUT2D eigenvalue weighted by Gasteiger charge is 2.19. The van der Waals surface area contributed by atoms with Gasteiger partial charge in [-0.15, -0.1) is 0 Å². The number of aliphatic hydroxyl groups excluding tert-OH is 1. The molecule has 1 aromatic carbocycles. The largest absolute Gasteiger partial charge is 0.393 e. The zero-order valence-corrected chi connectivity index (χ0v) is 12.7. The van der Waals surface area contributed by atoms with Crippen molar-refractivity contribution in [3.05, 3.63) is 46.2 Å². The molecule has 0 atom stereocenters. The molecule has 1 aliphatic rings. The minimum Gasteiger partial charge on any atom is -0.393 e. The van der Waals surface area contributed by atoms with Gasteiger partial charge in [-0.3, -0.25) is 4.79 Å². The average molecular weight is 299 g/mol. The Kier molecular flexibility index (Phi) is 4.24. The van der Waals surface area contributed by atoms with E-state index in [2.05, 4.69) is 34.6 Å². The fourth-order valence-electron chi connectivity index (χ4n) is 2.93. The summed E-state index contributed by atoms with van der Waals surface area (Å²) in [4.78, 5) is 11.1. The van der Waals surface area contributed by atoms with Crippen molar-refractivity contribution in [2.45, 2.75) is 44.8 Å². The summed E-state index contributed by atoms with van der Waals surface area (Å²) in [6, 6.07) is 9.77. The lowest BCUT2D eigenvalue weighted by Crippen LogP contribution is -2.28.